The molecule has 0 spiro atoms. The van der Waals surface area contributed by atoms with Crippen LogP contribution in [0.4, 0.5) is 0 Å². The van der Waals surface area contributed by atoms with Crippen molar-refractivity contribution >= 4 is 7.60 Å². The second-order valence-electron chi connectivity index (χ2n) is 7.56. The zero-order valence-corrected chi connectivity index (χ0v) is 17.0. The Morgan fingerprint density at radius 3 is 2.00 bits per heavy atom. The van der Waals surface area contributed by atoms with Gasteiger partial charge in [0.2, 0.25) is 0 Å². The van der Waals surface area contributed by atoms with Crippen molar-refractivity contribution in [1.29, 1.82) is 0 Å². The normalized spacial score (nSPS) is 18.1. The van der Waals surface area contributed by atoms with Crippen LogP contribution in [-0.4, -0.2) is 34.4 Å². The fraction of sp³-hybridized carbons (Fsp3) is 0.455. The van der Waals surface area contributed by atoms with E-state index in [-0.39, 0.29) is 18.9 Å². The molecule has 0 aliphatic carbocycles. The molecule has 5 nitrogen and oxygen atoms in total. The minimum absolute atomic E-state index is 0.209. The maximum absolute atomic E-state index is 11.7. The SMILES string of the molecule is O=P(O)(O)CCC(Cc1ccccc1)(Cc1ccccc1)OC1CCCCO1. The number of benzene rings is 2. The number of rotatable bonds is 9. The van der Waals surface area contributed by atoms with Crippen LogP contribution in [0.5, 0.6) is 0 Å². The molecule has 1 heterocycles. The zero-order chi connectivity index (χ0) is 19.9. The van der Waals surface area contributed by atoms with Crippen LogP contribution in [0.1, 0.15) is 36.8 Å². The molecular formula is C22H29O5P. The van der Waals surface area contributed by atoms with E-state index in [1.54, 1.807) is 0 Å². The van der Waals surface area contributed by atoms with E-state index in [9.17, 15) is 14.4 Å². The summed E-state index contributed by atoms with van der Waals surface area (Å²) < 4.78 is 24.0. The summed E-state index contributed by atoms with van der Waals surface area (Å²) in [4.78, 5) is 19.1. The first-order valence-corrected chi connectivity index (χ1v) is 11.7. The average Bonchev–Trinajstić information content (AvgIpc) is 2.68. The molecule has 0 radical (unpaired) electrons. The Kier molecular flexibility index (Phi) is 7.44. The minimum atomic E-state index is -4.15. The van der Waals surface area contributed by atoms with Gasteiger partial charge in [-0.05, 0) is 36.8 Å². The fourth-order valence-corrected chi connectivity index (χ4v) is 4.45. The molecule has 152 valence electrons. The first-order valence-electron chi connectivity index (χ1n) is 9.86. The van der Waals surface area contributed by atoms with Crippen molar-refractivity contribution in [2.75, 3.05) is 12.8 Å². The van der Waals surface area contributed by atoms with Crippen molar-refractivity contribution in [1.82, 2.24) is 0 Å². The highest BCUT2D eigenvalue weighted by Gasteiger charge is 2.37. The standard InChI is InChI=1S/C22H29O5P/c23-28(24,25)16-14-22(17-19-9-3-1-4-10-19,18-20-11-5-2-6-12-20)27-21-13-7-8-15-26-21/h1-6,9-12,21H,7-8,13-18H2,(H2,23,24,25). The van der Waals surface area contributed by atoms with E-state index in [2.05, 4.69) is 0 Å². The molecule has 2 aromatic carbocycles. The van der Waals surface area contributed by atoms with Crippen molar-refractivity contribution in [3.8, 4) is 0 Å². The van der Waals surface area contributed by atoms with Crippen molar-refractivity contribution < 1.29 is 23.8 Å². The molecule has 1 atom stereocenters. The van der Waals surface area contributed by atoms with Crippen LogP contribution in [0.25, 0.3) is 0 Å². The van der Waals surface area contributed by atoms with Gasteiger partial charge in [-0.15, -0.1) is 0 Å². The quantitative estimate of drug-likeness (QED) is 0.609. The first kappa shape index (κ1) is 21.2. The maximum atomic E-state index is 11.7. The predicted molar refractivity (Wildman–Crippen MR) is 109 cm³/mol. The Morgan fingerprint density at radius 1 is 0.964 bits per heavy atom. The molecule has 2 aromatic rings. The van der Waals surface area contributed by atoms with E-state index in [0.29, 0.717) is 19.4 Å². The Balaban J connectivity index is 1.91. The van der Waals surface area contributed by atoms with Crippen molar-refractivity contribution in [3.63, 3.8) is 0 Å². The van der Waals surface area contributed by atoms with Gasteiger partial charge in [-0.2, -0.15) is 0 Å². The van der Waals surface area contributed by atoms with E-state index in [1.165, 1.54) is 0 Å². The van der Waals surface area contributed by atoms with Crippen LogP contribution in [0, 0.1) is 0 Å². The van der Waals surface area contributed by atoms with Gasteiger partial charge in [0.15, 0.2) is 6.29 Å². The Hall–Kier alpha value is -1.49. The van der Waals surface area contributed by atoms with E-state index in [0.717, 1.165) is 30.4 Å². The molecule has 3 rings (SSSR count). The topological polar surface area (TPSA) is 76.0 Å². The van der Waals surface area contributed by atoms with Gasteiger partial charge >= 0.3 is 7.60 Å². The van der Waals surface area contributed by atoms with Crippen LogP contribution in [-0.2, 0) is 26.9 Å². The van der Waals surface area contributed by atoms with Gasteiger partial charge in [0, 0.05) is 19.4 Å². The minimum Gasteiger partial charge on any atom is -0.353 e. The summed E-state index contributed by atoms with van der Waals surface area (Å²) >= 11 is 0. The van der Waals surface area contributed by atoms with Gasteiger partial charge in [0.1, 0.15) is 0 Å². The van der Waals surface area contributed by atoms with Gasteiger partial charge in [0.05, 0.1) is 11.8 Å². The second-order valence-corrected chi connectivity index (χ2v) is 9.34. The predicted octanol–water partition coefficient (Wildman–Crippen LogP) is 4.32. The van der Waals surface area contributed by atoms with E-state index in [1.807, 2.05) is 60.7 Å². The van der Waals surface area contributed by atoms with Crippen LogP contribution >= 0.6 is 7.60 Å². The third kappa shape index (κ3) is 6.84. The highest BCUT2D eigenvalue weighted by molar-refractivity contribution is 7.51. The maximum Gasteiger partial charge on any atom is 0.325 e. The van der Waals surface area contributed by atoms with Crippen molar-refractivity contribution in [3.05, 3.63) is 71.8 Å². The van der Waals surface area contributed by atoms with E-state index in [4.69, 9.17) is 9.47 Å². The lowest BCUT2D eigenvalue weighted by Crippen LogP contribution is -2.43. The summed E-state index contributed by atoms with van der Waals surface area (Å²) in [5.74, 6) is 0. The number of hydrogen-bond donors (Lipinski definition) is 2. The molecule has 0 saturated carbocycles. The van der Waals surface area contributed by atoms with E-state index >= 15 is 0 Å². The number of ether oxygens (including phenoxy) is 2. The van der Waals surface area contributed by atoms with Gasteiger partial charge in [-0.1, -0.05) is 60.7 Å². The molecule has 6 heteroatoms. The summed E-state index contributed by atoms with van der Waals surface area (Å²) in [6.07, 6.45) is 3.73. The molecule has 1 aliphatic heterocycles. The third-order valence-corrected chi connectivity index (χ3v) is 5.92. The highest BCUT2D eigenvalue weighted by atomic mass is 31.2. The first-order chi connectivity index (χ1) is 13.4. The smallest absolute Gasteiger partial charge is 0.325 e. The summed E-state index contributed by atoms with van der Waals surface area (Å²) in [5.41, 5.74) is 1.42. The molecule has 0 bridgehead atoms. The van der Waals surface area contributed by atoms with E-state index < -0.39 is 13.2 Å². The van der Waals surface area contributed by atoms with Crippen molar-refractivity contribution in [2.45, 2.75) is 50.4 Å². The summed E-state index contributed by atoms with van der Waals surface area (Å²) in [5, 5.41) is 0. The monoisotopic (exact) mass is 404 g/mol. The Labute approximate surface area is 166 Å². The lowest BCUT2D eigenvalue weighted by Gasteiger charge is -2.39. The van der Waals surface area contributed by atoms with Crippen LogP contribution < -0.4 is 0 Å². The molecule has 0 aromatic heterocycles. The third-order valence-electron chi connectivity index (χ3n) is 5.12. The summed E-state index contributed by atoms with van der Waals surface area (Å²) in [7, 11) is -4.15. The van der Waals surface area contributed by atoms with Crippen molar-refractivity contribution in [2.24, 2.45) is 0 Å². The van der Waals surface area contributed by atoms with Crippen LogP contribution in [0.2, 0.25) is 0 Å². The van der Waals surface area contributed by atoms with Gasteiger partial charge in [0.25, 0.3) is 0 Å². The Bertz CT molecular complexity index is 712. The largest absolute Gasteiger partial charge is 0.353 e. The van der Waals surface area contributed by atoms with Crippen LogP contribution in [0.15, 0.2) is 60.7 Å². The summed E-state index contributed by atoms with van der Waals surface area (Å²) in [6.45, 7) is 0.663. The molecule has 1 aliphatic rings. The zero-order valence-electron chi connectivity index (χ0n) is 16.1. The summed E-state index contributed by atoms with van der Waals surface area (Å²) in [6, 6.07) is 19.9. The van der Waals surface area contributed by atoms with Crippen LogP contribution in [0.3, 0.4) is 0 Å². The van der Waals surface area contributed by atoms with Gasteiger partial charge in [-0.3, -0.25) is 4.57 Å². The molecule has 0 amide bonds. The van der Waals surface area contributed by atoms with Gasteiger partial charge < -0.3 is 19.3 Å². The fourth-order valence-electron chi connectivity index (χ4n) is 3.75. The van der Waals surface area contributed by atoms with Gasteiger partial charge in [-0.25, -0.2) is 0 Å². The molecule has 2 N–H and O–H groups in total. The molecule has 28 heavy (non-hydrogen) atoms. The molecule has 1 saturated heterocycles. The molecule has 1 unspecified atom stereocenters. The number of hydrogen-bond acceptors (Lipinski definition) is 3. The molecular weight excluding hydrogens is 375 g/mol. The lowest BCUT2D eigenvalue weighted by atomic mass is 9.85. The molecule has 1 fully saturated rings. The highest BCUT2D eigenvalue weighted by Crippen LogP contribution is 2.40. The average molecular weight is 404 g/mol. The lowest BCUT2D eigenvalue weighted by molar-refractivity contribution is -0.226. The second kappa shape index (κ2) is 9.82. The Morgan fingerprint density at radius 2 is 1.54 bits per heavy atom.